The topological polar surface area (TPSA) is 49.9 Å². The molecule has 0 spiro atoms. The van der Waals surface area contributed by atoms with E-state index in [2.05, 4.69) is 12.1 Å². The van der Waals surface area contributed by atoms with E-state index in [0.29, 0.717) is 24.0 Å². The maximum atomic E-state index is 12.9. The number of hydrogen-bond acceptors (Lipinski definition) is 4. The maximum absolute atomic E-state index is 12.9. The van der Waals surface area contributed by atoms with E-state index < -0.39 is 0 Å². The zero-order valence-corrected chi connectivity index (χ0v) is 15.1. The molecule has 0 aliphatic carbocycles. The summed E-state index contributed by atoms with van der Waals surface area (Å²) in [5, 5.41) is 0. The molecule has 2 fully saturated rings. The lowest BCUT2D eigenvalue weighted by molar-refractivity contribution is -0.142. The van der Waals surface area contributed by atoms with Crippen LogP contribution in [0.15, 0.2) is 24.3 Å². The third kappa shape index (κ3) is 3.38. The van der Waals surface area contributed by atoms with Gasteiger partial charge in [-0.2, -0.15) is 0 Å². The van der Waals surface area contributed by atoms with Crippen molar-refractivity contribution in [3.05, 3.63) is 29.8 Å². The molecule has 5 nitrogen and oxygen atoms in total. The number of carbonyl (C=O) groups is 2. The molecule has 3 rings (SSSR count). The van der Waals surface area contributed by atoms with E-state index >= 15 is 0 Å². The molecule has 2 amide bonds. The average molecular weight is 348 g/mol. The summed E-state index contributed by atoms with van der Waals surface area (Å²) in [5.74, 6) is 2.75. The number of thioether (sulfide) groups is 1. The number of amides is 2. The van der Waals surface area contributed by atoms with Gasteiger partial charge >= 0.3 is 0 Å². The van der Waals surface area contributed by atoms with Crippen molar-refractivity contribution in [3.8, 4) is 5.75 Å². The SMILES string of the molecule is CCC(=O)N1CSC[C@@H]1C(=O)N1CC[C@@H](c2ccc(OC)cc2)C1. The molecule has 2 aliphatic rings. The highest BCUT2D eigenvalue weighted by Gasteiger charge is 2.38. The van der Waals surface area contributed by atoms with Gasteiger partial charge in [0.15, 0.2) is 0 Å². The van der Waals surface area contributed by atoms with E-state index in [4.69, 9.17) is 4.74 Å². The Bertz CT molecular complexity index is 605. The van der Waals surface area contributed by atoms with Crippen LogP contribution in [0.5, 0.6) is 5.75 Å². The van der Waals surface area contributed by atoms with Crippen molar-refractivity contribution >= 4 is 23.6 Å². The molecule has 6 heteroatoms. The second kappa shape index (κ2) is 7.47. The fourth-order valence-corrected chi connectivity index (χ4v) is 4.59. The van der Waals surface area contributed by atoms with Crippen LogP contribution in [0.25, 0.3) is 0 Å². The molecular formula is C18H24N2O3S. The number of ether oxygens (including phenoxy) is 1. The molecule has 0 unspecified atom stereocenters. The Morgan fingerprint density at radius 3 is 2.71 bits per heavy atom. The van der Waals surface area contributed by atoms with Crippen LogP contribution in [0.1, 0.15) is 31.2 Å². The standard InChI is InChI=1S/C18H24N2O3S/c1-3-17(21)20-12-24-11-16(20)18(22)19-9-8-14(10-19)13-4-6-15(23-2)7-5-13/h4-7,14,16H,3,8-12H2,1-2H3/t14-,16-/m1/s1. The van der Waals surface area contributed by atoms with Gasteiger partial charge in [-0.1, -0.05) is 19.1 Å². The highest BCUT2D eigenvalue weighted by molar-refractivity contribution is 7.99. The highest BCUT2D eigenvalue weighted by atomic mass is 32.2. The minimum Gasteiger partial charge on any atom is -0.497 e. The number of rotatable bonds is 4. The molecule has 0 bridgehead atoms. The average Bonchev–Trinajstić information content (AvgIpc) is 3.30. The number of likely N-dealkylation sites (tertiary alicyclic amines) is 1. The number of hydrogen-bond donors (Lipinski definition) is 0. The fourth-order valence-electron chi connectivity index (χ4n) is 3.42. The Labute approximate surface area is 147 Å². The Hall–Kier alpha value is -1.69. The largest absolute Gasteiger partial charge is 0.497 e. The molecular weight excluding hydrogens is 324 g/mol. The smallest absolute Gasteiger partial charge is 0.246 e. The molecule has 0 N–H and O–H groups in total. The van der Waals surface area contributed by atoms with E-state index in [9.17, 15) is 9.59 Å². The molecule has 2 saturated heterocycles. The zero-order valence-electron chi connectivity index (χ0n) is 14.2. The van der Waals surface area contributed by atoms with E-state index in [1.165, 1.54) is 5.56 Å². The summed E-state index contributed by atoms with van der Waals surface area (Å²) in [6.07, 6.45) is 1.43. The van der Waals surface area contributed by atoms with Gasteiger partial charge in [0.25, 0.3) is 0 Å². The zero-order chi connectivity index (χ0) is 17.1. The Morgan fingerprint density at radius 2 is 2.04 bits per heavy atom. The molecule has 0 saturated carbocycles. The Morgan fingerprint density at radius 1 is 1.29 bits per heavy atom. The van der Waals surface area contributed by atoms with Crippen molar-refractivity contribution in [2.45, 2.75) is 31.7 Å². The predicted molar refractivity (Wildman–Crippen MR) is 95.2 cm³/mol. The van der Waals surface area contributed by atoms with Crippen molar-refractivity contribution in [2.24, 2.45) is 0 Å². The lowest BCUT2D eigenvalue weighted by atomic mass is 9.98. The Kier molecular flexibility index (Phi) is 5.33. The van der Waals surface area contributed by atoms with Crippen molar-refractivity contribution in [3.63, 3.8) is 0 Å². The number of nitrogens with zero attached hydrogens (tertiary/aromatic N) is 2. The first kappa shape index (κ1) is 17.1. The van der Waals surface area contributed by atoms with E-state index in [1.54, 1.807) is 23.8 Å². The van der Waals surface area contributed by atoms with Crippen LogP contribution in [0.2, 0.25) is 0 Å². The van der Waals surface area contributed by atoms with Gasteiger partial charge in [-0.15, -0.1) is 11.8 Å². The summed E-state index contributed by atoms with van der Waals surface area (Å²) in [4.78, 5) is 28.6. The fraction of sp³-hybridized carbons (Fsp3) is 0.556. The minimum absolute atomic E-state index is 0.0734. The van der Waals surface area contributed by atoms with Crippen LogP contribution < -0.4 is 4.74 Å². The molecule has 130 valence electrons. The molecule has 2 aliphatic heterocycles. The first-order valence-electron chi connectivity index (χ1n) is 8.44. The van der Waals surface area contributed by atoms with Gasteiger partial charge < -0.3 is 14.5 Å². The normalized spacial score (nSPS) is 23.6. The Balaban J connectivity index is 1.64. The lowest BCUT2D eigenvalue weighted by Gasteiger charge is -2.27. The van der Waals surface area contributed by atoms with Gasteiger partial charge in [0.05, 0.1) is 13.0 Å². The molecule has 1 aromatic carbocycles. The third-order valence-electron chi connectivity index (χ3n) is 4.88. The third-order valence-corrected chi connectivity index (χ3v) is 5.89. The van der Waals surface area contributed by atoms with E-state index in [-0.39, 0.29) is 17.9 Å². The summed E-state index contributed by atoms with van der Waals surface area (Å²) < 4.78 is 5.20. The molecule has 2 atom stereocenters. The van der Waals surface area contributed by atoms with Crippen LogP contribution >= 0.6 is 11.8 Å². The second-order valence-electron chi connectivity index (χ2n) is 6.28. The molecule has 24 heavy (non-hydrogen) atoms. The van der Waals surface area contributed by atoms with Crippen molar-refractivity contribution in [1.29, 1.82) is 0 Å². The second-order valence-corrected chi connectivity index (χ2v) is 7.28. The van der Waals surface area contributed by atoms with Gasteiger partial charge in [0, 0.05) is 31.2 Å². The van der Waals surface area contributed by atoms with Crippen LogP contribution in [-0.2, 0) is 9.59 Å². The summed E-state index contributed by atoms with van der Waals surface area (Å²) in [7, 11) is 1.66. The van der Waals surface area contributed by atoms with E-state index in [1.807, 2.05) is 24.0 Å². The van der Waals surface area contributed by atoms with Gasteiger partial charge in [0.2, 0.25) is 11.8 Å². The first-order chi connectivity index (χ1) is 11.6. The minimum atomic E-state index is -0.280. The van der Waals surface area contributed by atoms with Crippen LogP contribution in [-0.4, -0.2) is 59.5 Å². The van der Waals surface area contributed by atoms with Gasteiger partial charge in [-0.25, -0.2) is 0 Å². The highest BCUT2D eigenvalue weighted by Crippen LogP contribution is 2.31. The maximum Gasteiger partial charge on any atom is 0.246 e. The molecule has 0 aromatic heterocycles. The van der Waals surface area contributed by atoms with Crippen LogP contribution in [0.4, 0.5) is 0 Å². The summed E-state index contributed by atoms with van der Waals surface area (Å²) in [6.45, 7) is 3.35. The first-order valence-corrected chi connectivity index (χ1v) is 9.59. The number of benzene rings is 1. The lowest BCUT2D eigenvalue weighted by Crippen LogP contribution is -2.48. The van der Waals surface area contributed by atoms with Gasteiger partial charge in [0.1, 0.15) is 11.8 Å². The predicted octanol–water partition coefficient (Wildman–Crippen LogP) is 2.32. The van der Waals surface area contributed by atoms with Crippen LogP contribution in [0, 0.1) is 0 Å². The summed E-state index contributed by atoms with van der Waals surface area (Å²) >= 11 is 1.67. The molecule has 2 heterocycles. The van der Waals surface area contributed by atoms with Crippen molar-refractivity contribution < 1.29 is 14.3 Å². The van der Waals surface area contributed by atoms with Gasteiger partial charge in [-0.05, 0) is 24.1 Å². The summed E-state index contributed by atoms with van der Waals surface area (Å²) in [6, 6.07) is 7.81. The van der Waals surface area contributed by atoms with Crippen LogP contribution in [0.3, 0.4) is 0 Å². The molecule has 1 aromatic rings. The van der Waals surface area contributed by atoms with Crippen molar-refractivity contribution in [1.82, 2.24) is 9.80 Å². The molecule has 0 radical (unpaired) electrons. The quantitative estimate of drug-likeness (QED) is 0.838. The van der Waals surface area contributed by atoms with Gasteiger partial charge in [-0.3, -0.25) is 9.59 Å². The van der Waals surface area contributed by atoms with Crippen molar-refractivity contribution in [2.75, 3.05) is 31.8 Å². The summed E-state index contributed by atoms with van der Waals surface area (Å²) in [5.41, 5.74) is 1.24. The monoisotopic (exact) mass is 348 g/mol. The number of carbonyl (C=O) groups excluding carboxylic acids is 2. The van der Waals surface area contributed by atoms with E-state index in [0.717, 1.165) is 25.3 Å². The number of methoxy groups -OCH3 is 1.